The van der Waals surface area contributed by atoms with E-state index >= 15 is 0 Å². The van der Waals surface area contributed by atoms with Gasteiger partial charge in [-0.3, -0.25) is 4.79 Å². The van der Waals surface area contributed by atoms with Crippen LogP contribution in [0.2, 0.25) is 0 Å². The number of ether oxygens (including phenoxy) is 1. The molecule has 4 heteroatoms. The molecule has 0 saturated carbocycles. The lowest BCUT2D eigenvalue weighted by Crippen LogP contribution is -2.00. The predicted molar refractivity (Wildman–Crippen MR) is 49.2 cm³/mol. The van der Waals surface area contributed by atoms with Crippen molar-refractivity contribution in [3.63, 3.8) is 0 Å². The lowest BCUT2D eigenvalue weighted by Gasteiger charge is -2.07. The molecule has 0 heterocycles. The van der Waals surface area contributed by atoms with Gasteiger partial charge in [0.1, 0.15) is 5.82 Å². The van der Waals surface area contributed by atoms with Gasteiger partial charge in [0.15, 0.2) is 17.3 Å². The Bertz CT molecular complexity index is 361. The SMILES string of the molecule is CCOc1cc(C(C)=O)c(F)cc1O. The number of aromatic hydroxyl groups is 1. The molecule has 14 heavy (non-hydrogen) atoms. The summed E-state index contributed by atoms with van der Waals surface area (Å²) in [7, 11) is 0. The topological polar surface area (TPSA) is 46.5 Å². The number of carbonyl (C=O) groups excluding carboxylic acids is 1. The van der Waals surface area contributed by atoms with Crippen LogP contribution in [-0.2, 0) is 0 Å². The number of phenolic OH excluding ortho intramolecular Hbond substituents is 1. The highest BCUT2D eigenvalue weighted by Gasteiger charge is 2.12. The molecule has 0 aliphatic carbocycles. The minimum Gasteiger partial charge on any atom is -0.504 e. The van der Waals surface area contributed by atoms with Crippen molar-refractivity contribution in [3.8, 4) is 11.5 Å². The maximum Gasteiger partial charge on any atom is 0.162 e. The lowest BCUT2D eigenvalue weighted by atomic mass is 10.1. The number of benzene rings is 1. The van der Waals surface area contributed by atoms with E-state index in [2.05, 4.69) is 0 Å². The molecule has 1 aromatic carbocycles. The molecule has 0 fully saturated rings. The van der Waals surface area contributed by atoms with Crippen LogP contribution in [0.4, 0.5) is 4.39 Å². The zero-order chi connectivity index (χ0) is 10.7. The lowest BCUT2D eigenvalue weighted by molar-refractivity contribution is 0.101. The van der Waals surface area contributed by atoms with Crippen molar-refractivity contribution in [2.24, 2.45) is 0 Å². The summed E-state index contributed by atoms with van der Waals surface area (Å²) < 4.78 is 18.1. The fraction of sp³-hybridized carbons (Fsp3) is 0.300. The minimum absolute atomic E-state index is 0.0775. The highest BCUT2D eigenvalue weighted by atomic mass is 19.1. The number of phenols is 1. The normalized spacial score (nSPS) is 9.93. The molecule has 0 amide bonds. The summed E-state index contributed by atoms with van der Waals surface area (Å²) in [4.78, 5) is 11.0. The van der Waals surface area contributed by atoms with Crippen LogP contribution in [0.1, 0.15) is 24.2 Å². The zero-order valence-corrected chi connectivity index (χ0v) is 8.00. The molecule has 1 N–H and O–H groups in total. The van der Waals surface area contributed by atoms with Crippen LogP contribution in [-0.4, -0.2) is 17.5 Å². The van der Waals surface area contributed by atoms with Gasteiger partial charge in [0.2, 0.25) is 0 Å². The average molecular weight is 198 g/mol. The number of halogens is 1. The van der Waals surface area contributed by atoms with E-state index in [4.69, 9.17) is 4.74 Å². The summed E-state index contributed by atoms with van der Waals surface area (Å²) >= 11 is 0. The van der Waals surface area contributed by atoms with Gasteiger partial charge in [0.05, 0.1) is 12.2 Å². The summed E-state index contributed by atoms with van der Waals surface area (Å²) in [5.41, 5.74) is -0.0775. The maximum atomic E-state index is 13.1. The third kappa shape index (κ3) is 2.02. The van der Waals surface area contributed by atoms with Gasteiger partial charge in [-0.15, -0.1) is 0 Å². The Morgan fingerprint density at radius 1 is 1.57 bits per heavy atom. The van der Waals surface area contributed by atoms with E-state index in [0.717, 1.165) is 6.07 Å². The van der Waals surface area contributed by atoms with Crippen molar-refractivity contribution in [3.05, 3.63) is 23.5 Å². The molecule has 0 bridgehead atoms. The van der Waals surface area contributed by atoms with E-state index < -0.39 is 11.6 Å². The molecule has 0 aliphatic heterocycles. The number of ketones is 1. The third-order valence-corrected chi connectivity index (χ3v) is 1.73. The average Bonchev–Trinajstić information content (AvgIpc) is 2.09. The van der Waals surface area contributed by atoms with Gasteiger partial charge in [-0.05, 0) is 19.9 Å². The quantitative estimate of drug-likeness (QED) is 0.757. The molecule has 1 aromatic rings. The van der Waals surface area contributed by atoms with Crippen LogP contribution in [0.25, 0.3) is 0 Å². The molecule has 76 valence electrons. The minimum atomic E-state index is -0.738. The Hall–Kier alpha value is -1.58. The van der Waals surface area contributed by atoms with Gasteiger partial charge < -0.3 is 9.84 Å². The van der Waals surface area contributed by atoms with E-state index in [1.165, 1.54) is 13.0 Å². The Morgan fingerprint density at radius 2 is 2.21 bits per heavy atom. The first-order valence-corrected chi connectivity index (χ1v) is 4.22. The summed E-state index contributed by atoms with van der Waals surface area (Å²) in [5.74, 6) is -1.31. The van der Waals surface area contributed by atoms with E-state index in [1.807, 2.05) is 0 Å². The van der Waals surface area contributed by atoms with Gasteiger partial charge in [-0.1, -0.05) is 0 Å². The molecule has 0 saturated heterocycles. The van der Waals surface area contributed by atoms with Crippen molar-refractivity contribution in [2.75, 3.05) is 6.61 Å². The molecule has 0 aliphatic rings. The predicted octanol–water partition coefficient (Wildman–Crippen LogP) is 2.13. The van der Waals surface area contributed by atoms with E-state index in [1.54, 1.807) is 6.92 Å². The first-order valence-electron chi connectivity index (χ1n) is 4.22. The molecule has 0 aromatic heterocycles. The monoisotopic (exact) mass is 198 g/mol. The van der Waals surface area contributed by atoms with Gasteiger partial charge >= 0.3 is 0 Å². The highest BCUT2D eigenvalue weighted by molar-refractivity contribution is 5.95. The van der Waals surface area contributed by atoms with Crippen LogP contribution >= 0.6 is 0 Å². The third-order valence-electron chi connectivity index (χ3n) is 1.73. The number of hydrogen-bond acceptors (Lipinski definition) is 3. The first kappa shape index (κ1) is 10.5. The number of rotatable bonds is 3. The second kappa shape index (κ2) is 4.09. The van der Waals surface area contributed by atoms with Crippen LogP contribution in [0.3, 0.4) is 0 Å². The van der Waals surface area contributed by atoms with Crippen LogP contribution in [0.15, 0.2) is 12.1 Å². The maximum absolute atomic E-state index is 13.1. The van der Waals surface area contributed by atoms with Crippen molar-refractivity contribution in [1.82, 2.24) is 0 Å². The van der Waals surface area contributed by atoms with Gasteiger partial charge in [0, 0.05) is 6.07 Å². The van der Waals surface area contributed by atoms with Crippen molar-refractivity contribution < 1.29 is 19.0 Å². The molecule has 0 radical (unpaired) electrons. The number of carbonyl (C=O) groups is 1. The number of Topliss-reactive ketones (excluding diaryl/α,β-unsaturated/α-hetero) is 1. The fourth-order valence-corrected chi connectivity index (χ4v) is 1.08. The second-order valence-corrected chi connectivity index (χ2v) is 2.79. The van der Waals surface area contributed by atoms with Gasteiger partial charge in [-0.2, -0.15) is 0 Å². The summed E-state index contributed by atoms with van der Waals surface area (Å²) in [5, 5.41) is 9.25. The summed E-state index contributed by atoms with van der Waals surface area (Å²) in [6, 6.07) is 2.08. The van der Waals surface area contributed by atoms with E-state index in [0.29, 0.717) is 6.61 Å². The standard InChI is InChI=1S/C10H11FO3/c1-3-14-10-4-7(6(2)12)8(11)5-9(10)13/h4-5,13H,3H2,1-2H3. The smallest absolute Gasteiger partial charge is 0.162 e. The Labute approximate surface area is 81.1 Å². The van der Waals surface area contributed by atoms with Gasteiger partial charge in [-0.25, -0.2) is 4.39 Å². The molecular weight excluding hydrogens is 187 g/mol. The van der Waals surface area contributed by atoms with Crippen molar-refractivity contribution in [2.45, 2.75) is 13.8 Å². The Balaban J connectivity index is 3.20. The van der Waals surface area contributed by atoms with Gasteiger partial charge in [0.25, 0.3) is 0 Å². The van der Waals surface area contributed by atoms with Crippen LogP contribution in [0.5, 0.6) is 11.5 Å². The first-order chi connectivity index (χ1) is 6.56. The molecule has 0 atom stereocenters. The molecule has 3 nitrogen and oxygen atoms in total. The fourth-order valence-electron chi connectivity index (χ4n) is 1.08. The molecule has 1 rings (SSSR count). The largest absolute Gasteiger partial charge is 0.504 e. The van der Waals surface area contributed by atoms with Crippen molar-refractivity contribution in [1.29, 1.82) is 0 Å². The molecule has 0 spiro atoms. The van der Waals surface area contributed by atoms with Crippen molar-refractivity contribution >= 4 is 5.78 Å². The van der Waals surface area contributed by atoms with Crippen LogP contribution in [0, 0.1) is 5.82 Å². The zero-order valence-electron chi connectivity index (χ0n) is 8.00. The molecule has 0 unspecified atom stereocenters. The summed E-state index contributed by atoms with van der Waals surface area (Å²) in [6.07, 6.45) is 0. The van der Waals surface area contributed by atoms with E-state index in [9.17, 15) is 14.3 Å². The molecular formula is C10H11FO3. The van der Waals surface area contributed by atoms with Crippen LogP contribution < -0.4 is 4.74 Å². The number of hydrogen-bond donors (Lipinski definition) is 1. The second-order valence-electron chi connectivity index (χ2n) is 2.79. The van der Waals surface area contributed by atoms with E-state index in [-0.39, 0.29) is 17.1 Å². The summed E-state index contributed by atoms with van der Waals surface area (Å²) in [6.45, 7) is 3.33. The highest BCUT2D eigenvalue weighted by Crippen LogP contribution is 2.29. The Kier molecular flexibility index (Phi) is 3.06. The Morgan fingerprint density at radius 3 is 2.71 bits per heavy atom.